The van der Waals surface area contributed by atoms with E-state index >= 15 is 0 Å². The monoisotopic (exact) mass is 919 g/mol. The fraction of sp³-hybridized carbons (Fsp3) is 0.333. The number of rotatable bonds is 9. The van der Waals surface area contributed by atoms with Crippen LogP contribution in [-0.4, -0.2) is 15.0 Å². The molecule has 0 N–H and O–H groups in total. The Bertz CT molecular complexity index is 440. The topological polar surface area (TPSA) is 44.8 Å². The molecule has 0 fully saturated rings. The van der Waals surface area contributed by atoms with Crippen molar-refractivity contribution in [2.24, 2.45) is 0 Å². The third-order valence-electron chi connectivity index (χ3n) is 1.46. The average Bonchev–Trinajstić information content (AvgIpc) is 2.22. The lowest BCUT2D eigenvalue weighted by Gasteiger charge is -2.22. The van der Waals surface area contributed by atoms with Crippen molar-refractivity contribution in [2.75, 3.05) is 0 Å². The smallest absolute Gasteiger partial charge is 0.268 e. The first-order valence-electron chi connectivity index (χ1n) is 5.09. The van der Waals surface area contributed by atoms with Gasteiger partial charge in [-0.3, -0.25) is 13.6 Å². The summed E-state index contributed by atoms with van der Waals surface area (Å²) >= 11 is 28.7. The van der Waals surface area contributed by atoms with Gasteiger partial charge in [0.2, 0.25) is 0 Å². The molecule has 0 aromatic rings. The van der Waals surface area contributed by atoms with Gasteiger partial charge in [-0.2, -0.15) is 0 Å². The van der Waals surface area contributed by atoms with Crippen LogP contribution in [0.2, 0.25) is 0 Å². The molecule has 0 aliphatic carbocycles. The maximum atomic E-state index is 12.9. The third-order valence-corrected chi connectivity index (χ3v) is 6.72. The van der Waals surface area contributed by atoms with Crippen LogP contribution >= 0.6 is 151 Å². The SMILES string of the molecule is O=P(OC(Br)C=C(Br)Br)(OC(Br)C=C(Br)Br)OC(Br)C=C(Br)Br. The van der Waals surface area contributed by atoms with Crippen molar-refractivity contribution in [3.8, 4) is 0 Å². The maximum absolute atomic E-state index is 12.9. The van der Waals surface area contributed by atoms with Crippen molar-refractivity contribution in [2.45, 2.75) is 15.0 Å². The lowest BCUT2D eigenvalue weighted by molar-refractivity contribution is 0.122. The molecule has 23 heavy (non-hydrogen) atoms. The zero-order valence-corrected chi connectivity index (χ0v) is 25.6. The van der Waals surface area contributed by atoms with Crippen molar-refractivity contribution in [3.63, 3.8) is 0 Å². The van der Waals surface area contributed by atoms with E-state index in [4.69, 9.17) is 13.6 Å². The third kappa shape index (κ3) is 15.3. The summed E-state index contributed by atoms with van der Waals surface area (Å²) in [5.41, 5.74) is 0. The average molecular weight is 928 g/mol. The number of phosphoric ester groups is 1. The predicted molar refractivity (Wildman–Crippen MR) is 127 cm³/mol. The summed E-state index contributed by atoms with van der Waals surface area (Å²) < 4.78 is 30.8. The van der Waals surface area contributed by atoms with Crippen LogP contribution in [0.15, 0.2) is 28.4 Å². The zero-order chi connectivity index (χ0) is 18.2. The molecule has 3 unspecified atom stereocenters. The van der Waals surface area contributed by atoms with Gasteiger partial charge in [0.1, 0.15) is 15.0 Å². The molecule has 0 aromatic heterocycles. The van der Waals surface area contributed by atoms with Gasteiger partial charge in [-0.25, -0.2) is 4.57 Å². The summed E-state index contributed by atoms with van der Waals surface area (Å²) in [6, 6.07) is 0. The summed E-state index contributed by atoms with van der Waals surface area (Å²) in [7, 11) is -3.96. The molecule has 0 saturated heterocycles. The predicted octanol–water partition coefficient (Wildman–Crippen LogP) is 9.20. The van der Waals surface area contributed by atoms with Crippen molar-refractivity contribution < 1.29 is 18.1 Å². The molecule has 4 nitrogen and oxygen atoms in total. The summed E-state index contributed by atoms with van der Waals surface area (Å²) in [4.78, 5) is 0. The molecular weight excluding hydrogens is 922 g/mol. The molecule has 0 heterocycles. The molecular formula is C9H6Br9O4P. The fourth-order valence-corrected chi connectivity index (χ4v) is 8.11. The second kappa shape index (κ2) is 13.8. The highest BCUT2D eigenvalue weighted by Gasteiger charge is 2.34. The maximum Gasteiger partial charge on any atom is 0.479 e. The highest BCUT2D eigenvalue weighted by Crippen LogP contribution is 2.55. The molecule has 0 aliphatic rings. The second-order valence-electron chi connectivity index (χ2n) is 3.19. The van der Waals surface area contributed by atoms with Crippen LogP contribution in [0.4, 0.5) is 0 Å². The zero-order valence-electron chi connectivity index (χ0n) is 10.4. The number of hydrogen-bond acceptors (Lipinski definition) is 4. The van der Waals surface area contributed by atoms with E-state index in [9.17, 15) is 4.57 Å². The van der Waals surface area contributed by atoms with Crippen molar-refractivity contribution in [1.82, 2.24) is 0 Å². The van der Waals surface area contributed by atoms with E-state index in [0.717, 1.165) is 0 Å². The molecule has 0 radical (unpaired) electrons. The van der Waals surface area contributed by atoms with Crippen LogP contribution in [0.5, 0.6) is 0 Å². The Morgan fingerprint density at radius 1 is 0.652 bits per heavy atom. The normalized spacial score (nSPS) is 17.4. The van der Waals surface area contributed by atoms with Crippen molar-refractivity contribution >= 4 is 151 Å². The van der Waals surface area contributed by atoms with Crippen LogP contribution in [0.1, 0.15) is 0 Å². The highest BCUT2D eigenvalue weighted by molar-refractivity contribution is 9.29. The van der Waals surface area contributed by atoms with E-state index in [-0.39, 0.29) is 0 Å². The minimum Gasteiger partial charge on any atom is -0.268 e. The Balaban J connectivity index is 5.26. The van der Waals surface area contributed by atoms with Crippen molar-refractivity contribution in [1.29, 1.82) is 0 Å². The number of hydrogen-bond donors (Lipinski definition) is 0. The molecule has 0 aromatic carbocycles. The van der Waals surface area contributed by atoms with Gasteiger partial charge in [0.05, 0.1) is 10.2 Å². The molecule has 0 spiro atoms. The molecule has 14 heteroatoms. The minimum atomic E-state index is -3.96. The standard InChI is InChI=1S/C9H6Br9O4P/c10-4(11)1-7(16)20-23(19,21-8(17)2-5(12)13)22-9(18)3-6(14)15/h1-3,7-9H. The van der Waals surface area contributed by atoms with Crippen molar-refractivity contribution in [3.05, 3.63) is 28.4 Å². The lowest BCUT2D eigenvalue weighted by Crippen LogP contribution is -2.11. The van der Waals surface area contributed by atoms with Gasteiger partial charge in [0.15, 0.2) is 0 Å². The molecule has 0 bridgehead atoms. The van der Waals surface area contributed by atoms with Crippen LogP contribution in [0, 0.1) is 0 Å². The van der Waals surface area contributed by atoms with Crippen LogP contribution in [0.3, 0.4) is 0 Å². The summed E-state index contributed by atoms with van der Waals surface area (Å²) in [5, 5.41) is -2.18. The lowest BCUT2D eigenvalue weighted by atomic mass is 10.7. The largest absolute Gasteiger partial charge is 0.479 e. The summed E-state index contributed by atoms with van der Waals surface area (Å²) in [5.74, 6) is 0. The van der Waals surface area contributed by atoms with E-state index in [1.165, 1.54) is 0 Å². The van der Waals surface area contributed by atoms with Gasteiger partial charge >= 0.3 is 7.82 Å². The van der Waals surface area contributed by atoms with Gasteiger partial charge in [-0.05, 0) is 114 Å². The molecule has 134 valence electrons. The van der Waals surface area contributed by atoms with Crippen LogP contribution < -0.4 is 0 Å². The highest BCUT2D eigenvalue weighted by atomic mass is 79.9. The van der Waals surface area contributed by atoms with E-state index in [0.29, 0.717) is 10.2 Å². The molecule has 0 saturated carbocycles. The van der Waals surface area contributed by atoms with Gasteiger partial charge in [0.25, 0.3) is 0 Å². The van der Waals surface area contributed by atoms with E-state index < -0.39 is 22.9 Å². The fourth-order valence-electron chi connectivity index (χ4n) is 0.833. The Hall–Kier alpha value is 3.65. The van der Waals surface area contributed by atoms with E-state index in [1.807, 2.05) is 0 Å². The Morgan fingerprint density at radius 3 is 1.04 bits per heavy atom. The van der Waals surface area contributed by atoms with Crippen LogP contribution in [0.25, 0.3) is 0 Å². The summed E-state index contributed by atoms with van der Waals surface area (Å²) in [6.45, 7) is 0. The molecule has 0 aliphatic heterocycles. The number of alkyl halides is 3. The van der Waals surface area contributed by atoms with Gasteiger partial charge in [0, 0.05) is 0 Å². The van der Waals surface area contributed by atoms with Gasteiger partial charge < -0.3 is 0 Å². The van der Waals surface area contributed by atoms with E-state index in [1.54, 1.807) is 18.2 Å². The Morgan fingerprint density at radius 2 is 0.870 bits per heavy atom. The van der Waals surface area contributed by atoms with E-state index in [2.05, 4.69) is 143 Å². The second-order valence-corrected chi connectivity index (χ2v) is 15.7. The number of halogens is 9. The van der Waals surface area contributed by atoms with Crippen LogP contribution in [-0.2, 0) is 18.1 Å². The first kappa shape index (κ1) is 26.6. The van der Waals surface area contributed by atoms with Gasteiger partial charge in [-0.1, -0.05) is 47.8 Å². The minimum absolute atomic E-state index is 0.607. The quantitative estimate of drug-likeness (QED) is 0.171. The molecule has 3 atom stereocenters. The Kier molecular flexibility index (Phi) is 15.9. The number of phosphoric acid groups is 1. The Labute approximate surface area is 209 Å². The molecule has 0 rings (SSSR count). The molecule has 0 amide bonds. The van der Waals surface area contributed by atoms with Gasteiger partial charge in [-0.15, -0.1) is 0 Å². The summed E-state index contributed by atoms with van der Waals surface area (Å²) in [6.07, 6.45) is 4.70. The first-order chi connectivity index (χ1) is 10.4. The first-order valence-corrected chi connectivity index (χ1v) is 14.1.